The molecule has 0 N–H and O–H groups in total. The van der Waals surface area contributed by atoms with Gasteiger partial charge in [0.05, 0.1) is 29.7 Å². The van der Waals surface area contributed by atoms with Crippen LogP contribution in [0.2, 0.25) is 0 Å². The van der Waals surface area contributed by atoms with E-state index in [0.29, 0.717) is 36.8 Å². The summed E-state index contributed by atoms with van der Waals surface area (Å²) in [6.45, 7) is 0.816. The fourth-order valence-electron chi connectivity index (χ4n) is 4.12. The fraction of sp³-hybridized carbons (Fsp3) is 0.318. The van der Waals surface area contributed by atoms with Crippen molar-refractivity contribution in [3.05, 3.63) is 58.8 Å². The van der Waals surface area contributed by atoms with E-state index in [-0.39, 0.29) is 29.1 Å². The second-order valence-electron chi connectivity index (χ2n) is 7.71. The number of methoxy groups -OCH3 is 1. The highest BCUT2D eigenvalue weighted by atomic mass is 32.2. The summed E-state index contributed by atoms with van der Waals surface area (Å²) < 4.78 is 40.7. The number of carbonyl (C=O) groups is 1. The average Bonchev–Trinajstić information content (AvgIpc) is 3.27. The predicted molar refractivity (Wildman–Crippen MR) is 110 cm³/mol. The maximum Gasteiger partial charge on any atom is 0.231 e. The Bertz CT molecular complexity index is 1150. The lowest BCUT2D eigenvalue weighted by Crippen LogP contribution is -2.41. The molecular weight excluding hydrogens is 406 g/mol. The van der Waals surface area contributed by atoms with Gasteiger partial charge in [-0.25, -0.2) is 8.42 Å². The summed E-state index contributed by atoms with van der Waals surface area (Å²) in [5, 5.41) is 0. The standard InChI is InChI=1S/C22H21NO6S/c1-27-16-4-2-14(3-5-16)10-20-21(24)17-6-7-19-18(22(17)29-20)11-23(13-28-19)15-8-9-30(25,26)12-15/h2-7,10,15H,8-9,11-13H2,1H3/b20-10-. The topological polar surface area (TPSA) is 82.1 Å². The molecule has 30 heavy (non-hydrogen) atoms. The third-order valence-corrected chi connectivity index (χ3v) is 7.53. The molecule has 0 spiro atoms. The first-order valence-corrected chi connectivity index (χ1v) is 11.6. The molecule has 3 heterocycles. The van der Waals surface area contributed by atoms with Crippen molar-refractivity contribution in [2.24, 2.45) is 0 Å². The van der Waals surface area contributed by atoms with Crippen LogP contribution in [0.5, 0.6) is 17.2 Å². The number of Topliss-reactive ketones (excluding diaryl/α,β-unsaturated/α-hetero) is 1. The molecule has 0 amide bonds. The molecule has 156 valence electrons. The number of hydrogen-bond acceptors (Lipinski definition) is 7. The summed E-state index contributed by atoms with van der Waals surface area (Å²) in [6.07, 6.45) is 2.30. The number of carbonyl (C=O) groups excluding carboxylic acids is 1. The second kappa shape index (κ2) is 7.14. The van der Waals surface area contributed by atoms with Crippen LogP contribution in [0.1, 0.15) is 27.9 Å². The molecule has 3 aliphatic heterocycles. The Morgan fingerprint density at radius 3 is 2.67 bits per heavy atom. The molecule has 0 bridgehead atoms. The molecule has 3 aliphatic rings. The van der Waals surface area contributed by atoms with Gasteiger partial charge in [0.1, 0.15) is 24.0 Å². The first kappa shape index (κ1) is 19.1. The monoisotopic (exact) mass is 427 g/mol. The quantitative estimate of drug-likeness (QED) is 0.697. The maximum atomic E-state index is 12.9. The van der Waals surface area contributed by atoms with E-state index < -0.39 is 9.84 Å². The highest BCUT2D eigenvalue weighted by Gasteiger charge is 2.38. The molecule has 1 fully saturated rings. The normalized spacial score (nSPS) is 23.6. The Balaban J connectivity index is 1.43. The van der Waals surface area contributed by atoms with Crippen LogP contribution in [-0.4, -0.2) is 50.5 Å². The van der Waals surface area contributed by atoms with Crippen molar-refractivity contribution >= 4 is 21.7 Å². The molecule has 0 saturated carbocycles. The van der Waals surface area contributed by atoms with Gasteiger partial charge in [0, 0.05) is 12.6 Å². The number of rotatable bonds is 3. The van der Waals surface area contributed by atoms with Crippen molar-refractivity contribution < 1.29 is 27.4 Å². The number of sulfone groups is 1. The van der Waals surface area contributed by atoms with Gasteiger partial charge in [0.2, 0.25) is 5.78 Å². The first-order valence-electron chi connectivity index (χ1n) is 9.75. The molecule has 7 nitrogen and oxygen atoms in total. The van der Waals surface area contributed by atoms with E-state index in [1.165, 1.54) is 0 Å². The lowest BCUT2D eigenvalue weighted by Gasteiger charge is -2.33. The summed E-state index contributed by atoms with van der Waals surface area (Å²) in [7, 11) is -1.39. The minimum absolute atomic E-state index is 0.0783. The molecule has 0 aliphatic carbocycles. The summed E-state index contributed by atoms with van der Waals surface area (Å²) in [4.78, 5) is 14.9. The van der Waals surface area contributed by atoms with Gasteiger partial charge in [-0.1, -0.05) is 12.1 Å². The SMILES string of the molecule is COc1ccc(/C=C2\Oc3c(ccc4c3CN(C3CCS(=O)(=O)C3)CO4)C2=O)cc1. The Morgan fingerprint density at radius 1 is 1.17 bits per heavy atom. The van der Waals surface area contributed by atoms with E-state index in [2.05, 4.69) is 0 Å². The molecule has 2 aromatic rings. The number of allylic oxidation sites excluding steroid dienone is 1. The summed E-state index contributed by atoms with van der Waals surface area (Å²) in [5.41, 5.74) is 2.11. The smallest absolute Gasteiger partial charge is 0.231 e. The van der Waals surface area contributed by atoms with E-state index >= 15 is 0 Å². The molecular formula is C22H21NO6S. The maximum absolute atomic E-state index is 12.9. The third kappa shape index (κ3) is 3.36. The van der Waals surface area contributed by atoms with Crippen molar-refractivity contribution in [2.45, 2.75) is 19.0 Å². The summed E-state index contributed by atoms with van der Waals surface area (Å²) >= 11 is 0. The van der Waals surface area contributed by atoms with E-state index in [1.54, 1.807) is 25.3 Å². The largest absolute Gasteiger partial charge is 0.497 e. The highest BCUT2D eigenvalue weighted by molar-refractivity contribution is 7.91. The van der Waals surface area contributed by atoms with Crippen LogP contribution in [0, 0.1) is 0 Å². The van der Waals surface area contributed by atoms with Gasteiger partial charge >= 0.3 is 0 Å². The van der Waals surface area contributed by atoms with Crippen LogP contribution in [-0.2, 0) is 16.4 Å². The number of nitrogens with zero attached hydrogens (tertiary/aromatic N) is 1. The zero-order valence-corrected chi connectivity index (χ0v) is 17.3. The second-order valence-corrected chi connectivity index (χ2v) is 9.94. The van der Waals surface area contributed by atoms with Gasteiger partial charge in [-0.15, -0.1) is 0 Å². The van der Waals surface area contributed by atoms with Crippen LogP contribution < -0.4 is 14.2 Å². The number of ketones is 1. The van der Waals surface area contributed by atoms with Gasteiger partial charge in [0.25, 0.3) is 0 Å². The molecule has 0 radical (unpaired) electrons. The van der Waals surface area contributed by atoms with Crippen molar-refractivity contribution in [2.75, 3.05) is 25.3 Å². The van der Waals surface area contributed by atoms with Crippen molar-refractivity contribution in [3.63, 3.8) is 0 Å². The van der Waals surface area contributed by atoms with Gasteiger partial charge in [-0.05, 0) is 42.3 Å². The number of fused-ring (bicyclic) bond motifs is 3. The Hall–Kier alpha value is -2.84. The van der Waals surface area contributed by atoms with Crippen LogP contribution in [0.4, 0.5) is 0 Å². The number of hydrogen-bond donors (Lipinski definition) is 0. The fourth-order valence-corrected chi connectivity index (χ4v) is 5.89. The summed E-state index contributed by atoms with van der Waals surface area (Å²) in [5.74, 6) is 2.33. The Kier molecular flexibility index (Phi) is 4.56. The zero-order chi connectivity index (χ0) is 20.9. The Morgan fingerprint density at radius 2 is 1.97 bits per heavy atom. The van der Waals surface area contributed by atoms with Crippen LogP contribution in [0.25, 0.3) is 6.08 Å². The first-order chi connectivity index (χ1) is 14.4. The molecule has 1 unspecified atom stereocenters. The minimum atomic E-state index is -2.99. The van der Waals surface area contributed by atoms with Crippen LogP contribution in [0.3, 0.4) is 0 Å². The Labute approximate surface area is 174 Å². The van der Waals surface area contributed by atoms with Crippen LogP contribution in [0.15, 0.2) is 42.2 Å². The van der Waals surface area contributed by atoms with Gasteiger partial charge in [-0.3, -0.25) is 9.69 Å². The third-order valence-electron chi connectivity index (χ3n) is 5.78. The minimum Gasteiger partial charge on any atom is -0.497 e. The molecule has 1 atom stereocenters. The van der Waals surface area contributed by atoms with Crippen molar-refractivity contribution in [3.8, 4) is 17.2 Å². The predicted octanol–water partition coefficient (Wildman–Crippen LogP) is 2.65. The highest BCUT2D eigenvalue weighted by Crippen LogP contribution is 2.42. The number of ether oxygens (including phenoxy) is 3. The lowest BCUT2D eigenvalue weighted by atomic mass is 10.0. The van der Waals surface area contributed by atoms with Gasteiger partial charge < -0.3 is 14.2 Å². The van der Waals surface area contributed by atoms with Crippen molar-refractivity contribution in [1.29, 1.82) is 0 Å². The average molecular weight is 427 g/mol. The molecule has 5 rings (SSSR count). The van der Waals surface area contributed by atoms with Crippen LogP contribution >= 0.6 is 0 Å². The lowest BCUT2D eigenvalue weighted by molar-refractivity contribution is 0.0634. The molecule has 0 aromatic heterocycles. The van der Waals surface area contributed by atoms with Crippen molar-refractivity contribution in [1.82, 2.24) is 4.90 Å². The van der Waals surface area contributed by atoms with Gasteiger partial charge in [0.15, 0.2) is 15.6 Å². The van der Waals surface area contributed by atoms with E-state index in [0.717, 1.165) is 16.9 Å². The summed E-state index contributed by atoms with van der Waals surface area (Å²) in [6, 6.07) is 10.8. The number of benzene rings is 2. The zero-order valence-electron chi connectivity index (χ0n) is 16.5. The van der Waals surface area contributed by atoms with E-state index in [1.807, 2.05) is 29.2 Å². The molecule has 8 heteroatoms. The van der Waals surface area contributed by atoms with E-state index in [4.69, 9.17) is 14.2 Å². The molecule has 2 aromatic carbocycles. The molecule has 1 saturated heterocycles. The van der Waals surface area contributed by atoms with E-state index in [9.17, 15) is 13.2 Å². The van der Waals surface area contributed by atoms with Gasteiger partial charge in [-0.2, -0.15) is 0 Å².